The van der Waals surface area contributed by atoms with Gasteiger partial charge in [-0.05, 0) is 66.3 Å². The van der Waals surface area contributed by atoms with Crippen LogP contribution >= 0.6 is 0 Å². The summed E-state index contributed by atoms with van der Waals surface area (Å²) in [7, 11) is 3.36. The molecule has 0 fully saturated rings. The van der Waals surface area contributed by atoms with Crippen LogP contribution in [-0.4, -0.2) is 25.1 Å². The number of hydrogen-bond donors (Lipinski definition) is 1. The van der Waals surface area contributed by atoms with Gasteiger partial charge in [-0.25, -0.2) is 0 Å². The molecule has 1 N–H and O–H groups in total. The molecule has 0 aliphatic heterocycles. The van der Waals surface area contributed by atoms with Crippen LogP contribution in [0.15, 0.2) is 41.6 Å². The van der Waals surface area contributed by atoms with Crippen LogP contribution in [0.5, 0.6) is 11.5 Å². The molecule has 2 aliphatic carbocycles. The van der Waals surface area contributed by atoms with Gasteiger partial charge in [-0.15, -0.1) is 0 Å². The zero-order chi connectivity index (χ0) is 16.0. The van der Waals surface area contributed by atoms with E-state index in [1.54, 1.807) is 14.2 Å². The first kappa shape index (κ1) is 14.1. The first-order valence-corrected chi connectivity index (χ1v) is 7.75. The Balaban J connectivity index is 1.76. The summed E-state index contributed by atoms with van der Waals surface area (Å²) >= 11 is 0. The van der Waals surface area contributed by atoms with E-state index in [-0.39, 0.29) is 5.41 Å². The molecule has 4 nitrogen and oxygen atoms in total. The molecule has 0 radical (unpaired) electrons. The van der Waals surface area contributed by atoms with Crippen LogP contribution in [0.4, 0.5) is 0 Å². The molecule has 23 heavy (non-hydrogen) atoms. The molecule has 0 saturated carbocycles. The second kappa shape index (κ2) is 5.01. The van der Waals surface area contributed by atoms with Crippen molar-refractivity contribution in [2.24, 2.45) is 10.6 Å². The van der Waals surface area contributed by atoms with Crippen LogP contribution < -0.4 is 9.47 Å². The van der Waals surface area contributed by atoms with Gasteiger partial charge in [-0.3, -0.25) is 0 Å². The van der Waals surface area contributed by atoms with Crippen molar-refractivity contribution in [3.63, 3.8) is 0 Å². The minimum absolute atomic E-state index is 0.155. The number of ether oxygens (including phenoxy) is 2. The van der Waals surface area contributed by atoms with E-state index in [1.165, 1.54) is 16.7 Å². The number of fused-ring (bicyclic) bond motifs is 2. The maximum Gasteiger partial charge on any atom is 0.119 e. The Morgan fingerprint density at radius 1 is 0.870 bits per heavy atom. The van der Waals surface area contributed by atoms with Crippen LogP contribution in [0.25, 0.3) is 0 Å². The Bertz CT molecular complexity index is 808. The lowest BCUT2D eigenvalue weighted by molar-refractivity contribution is 0.307. The van der Waals surface area contributed by atoms with Crippen molar-refractivity contribution in [2.45, 2.75) is 19.3 Å². The molecule has 1 spiro atoms. The Morgan fingerprint density at radius 2 is 1.48 bits per heavy atom. The van der Waals surface area contributed by atoms with Crippen molar-refractivity contribution in [1.82, 2.24) is 0 Å². The van der Waals surface area contributed by atoms with Crippen LogP contribution in [0, 0.1) is 5.41 Å². The molecule has 1 atom stereocenters. The zero-order valence-corrected chi connectivity index (χ0v) is 13.3. The smallest absolute Gasteiger partial charge is 0.119 e. The van der Waals surface area contributed by atoms with E-state index in [0.717, 1.165) is 42.0 Å². The second-order valence-electron chi connectivity index (χ2n) is 6.42. The summed E-state index contributed by atoms with van der Waals surface area (Å²) < 4.78 is 10.7. The number of methoxy groups -OCH3 is 2. The van der Waals surface area contributed by atoms with E-state index in [2.05, 4.69) is 23.4 Å². The fourth-order valence-electron chi connectivity index (χ4n) is 4.12. The number of rotatable bonds is 2. The Morgan fingerprint density at radius 3 is 2.17 bits per heavy atom. The maximum atomic E-state index is 9.68. The topological polar surface area (TPSA) is 51.0 Å². The maximum absolute atomic E-state index is 9.68. The lowest BCUT2D eigenvalue weighted by Crippen LogP contribution is -2.29. The first-order valence-electron chi connectivity index (χ1n) is 7.75. The van der Waals surface area contributed by atoms with Crippen molar-refractivity contribution in [1.29, 1.82) is 0 Å². The zero-order valence-electron chi connectivity index (χ0n) is 13.3. The number of benzene rings is 2. The highest BCUT2D eigenvalue weighted by Gasteiger charge is 2.48. The molecular formula is C19H19NO3. The minimum Gasteiger partial charge on any atom is -0.497 e. The van der Waals surface area contributed by atoms with Gasteiger partial charge >= 0.3 is 0 Å². The largest absolute Gasteiger partial charge is 0.497 e. The number of hydrogen-bond acceptors (Lipinski definition) is 4. The standard InChI is InChI=1S/C19H19NO3/c1-22-15-4-3-12-9-19(10-13(12)7-15)11-14-8-16(23-2)5-6-17(14)18(19)20-21/h3-8,21H,9-11H2,1-2H3. The lowest BCUT2D eigenvalue weighted by atomic mass is 9.80. The molecule has 0 saturated heterocycles. The summed E-state index contributed by atoms with van der Waals surface area (Å²) in [5.74, 6) is 1.72. The minimum atomic E-state index is -0.155. The SMILES string of the molecule is COc1ccc2c(c1)CC1(C2)Cc2cc(OC)ccc2C1=NO. The Labute approximate surface area is 135 Å². The monoisotopic (exact) mass is 309 g/mol. The van der Waals surface area contributed by atoms with Crippen molar-refractivity contribution in [2.75, 3.05) is 14.2 Å². The normalized spacial score (nSPS) is 23.1. The quantitative estimate of drug-likeness (QED) is 0.684. The average molecular weight is 309 g/mol. The lowest BCUT2D eigenvalue weighted by Gasteiger charge is -2.22. The van der Waals surface area contributed by atoms with Crippen molar-refractivity contribution in [3.8, 4) is 11.5 Å². The van der Waals surface area contributed by atoms with Crippen LogP contribution in [0.3, 0.4) is 0 Å². The van der Waals surface area contributed by atoms with E-state index in [4.69, 9.17) is 9.47 Å². The molecule has 2 aliphatic rings. The van der Waals surface area contributed by atoms with E-state index in [1.807, 2.05) is 18.2 Å². The van der Waals surface area contributed by atoms with E-state index in [9.17, 15) is 5.21 Å². The predicted octanol–water partition coefficient (Wildman–Crippen LogP) is 3.22. The van der Waals surface area contributed by atoms with Crippen LogP contribution in [-0.2, 0) is 19.3 Å². The van der Waals surface area contributed by atoms with Crippen molar-refractivity contribution in [3.05, 3.63) is 58.7 Å². The molecule has 0 aromatic heterocycles. The van der Waals surface area contributed by atoms with Gasteiger partial charge in [0.05, 0.1) is 19.9 Å². The number of nitrogens with zero attached hydrogens (tertiary/aromatic N) is 1. The molecular weight excluding hydrogens is 290 g/mol. The van der Waals surface area contributed by atoms with Gasteiger partial charge in [-0.1, -0.05) is 11.2 Å². The third-order valence-electron chi connectivity index (χ3n) is 5.17. The Hall–Kier alpha value is -2.49. The highest BCUT2D eigenvalue weighted by Crippen LogP contribution is 2.48. The molecule has 2 aromatic carbocycles. The van der Waals surface area contributed by atoms with Gasteiger partial charge in [0, 0.05) is 11.0 Å². The number of oxime groups is 1. The highest BCUT2D eigenvalue weighted by molar-refractivity contribution is 6.09. The third kappa shape index (κ3) is 2.01. The molecule has 0 bridgehead atoms. The van der Waals surface area contributed by atoms with E-state index >= 15 is 0 Å². The summed E-state index contributed by atoms with van der Waals surface area (Å²) in [5, 5.41) is 13.4. The Kier molecular flexibility index (Phi) is 3.08. The van der Waals surface area contributed by atoms with Crippen LogP contribution in [0.1, 0.15) is 22.3 Å². The molecule has 118 valence electrons. The van der Waals surface area contributed by atoms with Crippen LogP contribution in [0.2, 0.25) is 0 Å². The summed E-state index contributed by atoms with van der Waals surface area (Å²) in [4.78, 5) is 0. The molecule has 4 heteroatoms. The summed E-state index contributed by atoms with van der Waals surface area (Å²) in [6, 6.07) is 12.2. The molecule has 0 heterocycles. The summed E-state index contributed by atoms with van der Waals surface area (Å²) in [5.41, 5.74) is 5.46. The highest BCUT2D eigenvalue weighted by atomic mass is 16.5. The molecule has 4 rings (SSSR count). The van der Waals surface area contributed by atoms with Gasteiger partial charge in [0.25, 0.3) is 0 Å². The van der Waals surface area contributed by atoms with Gasteiger partial charge in [0.2, 0.25) is 0 Å². The van der Waals surface area contributed by atoms with E-state index in [0.29, 0.717) is 0 Å². The van der Waals surface area contributed by atoms with E-state index < -0.39 is 0 Å². The summed E-state index contributed by atoms with van der Waals surface area (Å²) in [6.45, 7) is 0. The first-order chi connectivity index (χ1) is 11.2. The van der Waals surface area contributed by atoms with Gasteiger partial charge in [0.1, 0.15) is 11.5 Å². The van der Waals surface area contributed by atoms with Gasteiger partial charge < -0.3 is 14.7 Å². The second-order valence-corrected chi connectivity index (χ2v) is 6.42. The molecule has 0 amide bonds. The third-order valence-corrected chi connectivity index (χ3v) is 5.17. The fourth-order valence-corrected chi connectivity index (χ4v) is 4.12. The average Bonchev–Trinajstić information content (AvgIpc) is 3.08. The summed E-state index contributed by atoms with van der Waals surface area (Å²) in [6.07, 6.45) is 2.63. The van der Waals surface area contributed by atoms with Gasteiger partial charge in [0.15, 0.2) is 0 Å². The van der Waals surface area contributed by atoms with Crippen molar-refractivity contribution >= 4 is 5.71 Å². The van der Waals surface area contributed by atoms with Gasteiger partial charge in [-0.2, -0.15) is 0 Å². The predicted molar refractivity (Wildman–Crippen MR) is 87.9 cm³/mol. The van der Waals surface area contributed by atoms with Crippen molar-refractivity contribution < 1.29 is 14.7 Å². The molecule has 1 unspecified atom stereocenters. The molecule has 2 aromatic rings. The fraction of sp³-hybridized carbons (Fsp3) is 0.316.